The lowest BCUT2D eigenvalue weighted by molar-refractivity contribution is -0.383. The Kier molecular flexibility index (Phi) is 5.43. The second kappa shape index (κ2) is 7.70. The molecule has 1 heterocycles. The Bertz CT molecular complexity index is 867. The third-order valence-corrected chi connectivity index (χ3v) is 3.44. The van der Waals surface area contributed by atoms with Gasteiger partial charge in [-0.2, -0.15) is 10.5 Å². The normalized spacial score (nSPS) is 9.76. The number of nitriles is 2. The molecule has 0 amide bonds. The van der Waals surface area contributed by atoms with Crippen molar-refractivity contribution in [2.75, 3.05) is 23.3 Å². The quantitative estimate of drug-likeness (QED) is 0.483. The topological polar surface area (TPSA) is 132 Å². The number of nitrogens with zero attached hydrogens (tertiary/aromatic N) is 6. The molecule has 1 aromatic carbocycles. The molecule has 1 N–H and O–H groups in total. The zero-order chi connectivity index (χ0) is 18.4. The van der Waals surface area contributed by atoms with Gasteiger partial charge < -0.3 is 10.2 Å². The van der Waals surface area contributed by atoms with Crippen LogP contribution in [-0.2, 0) is 0 Å². The lowest BCUT2D eigenvalue weighted by Gasteiger charge is -2.18. The Morgan fingerprint density at radius 1 is 1.24 bits per heavy atom. The summed E-state index contributed by atoms with van der Waals surface area (Å²) in [6, 6.07) is 9.36. The highest BCUT2D eigenvalue weighted by molar-refractivity contribution is 5.75. The van der Waals surface area contributed by atoms with Gasteiger partial charge in [0.05, 0.1) is 17.1 Å². The summed E-state index contributed by atoms with van der Waals surface area (Å²) in [6.45, 7) is 3.42. The van der Waals surface area contributed by atoms with Crippen molar-refractivity contribution in [1.82, 2.24) is 9.97 Å². The number of nitrogens with one attached hydrogen (secondary N) is 1. The van der Waals surface area contributed by atoms with Crippen LogP contribution in [0.2, 0.25) is 0 Å². The number of aromatic nitrogens is 2. The highest BCUT2D eigenvalue weighted by Crippen LogP contribution is 2.34. The molecule has 0 aliphatic carbocycles. The van der Waals surface area contributed by atoms with Gasteiger partial charge in [-0.1, -0.05) is 17.7 Å². The molecular weight excluding hydrogens is 322 g/mol. The van der Waals surface area contributed by atoms with Crippen molar-refractivity contribution in [1.29, 1.82) is 10.5 Å². The smallest absolute Gasteiger partial charge is 0.334 e. The average Bonchev–Trinajstić information content (AvgIpc) is 2.57. The summed E-state index contributed by atoms with van der Waals surface area (Å²) >= 11 is 0. The second-order valence-electron chi connectivity index (χ2n) is 5.27. The van der Waals surface area contributed by atoms with Crippen LogP contribution < -0.4 is 10.2 Å². The van der Waals surface area contributed by atoms with Gasteiger partial charge in [0, 0.05) is 5.69 Å². The minimum atomic E-state index is -0.622. The lowest BCUT2D eigenvalue weighted by Crippen LogP contribution is -2.26. The molecule has 9 nitrogen and oxygen atoms in total. The summed E-state index contributed by atoms with van der Waals surface area (Å²) in [5.41, 5.74) is 2.26. The van der Waals surface area contributed by atoms with Crippen LogP contribution in [-0.4, -0.2) is 28.0 Å². The van der Waals surface area contributed by atoms with Gasteiger partial charge in [0.25, 0.3) is 0 Å². The molecule has 0 fully saturated rings. The summed E-state index contributed by atoms with van der Waals surface area (Å²) in [7, 11) is 0. The molecule has 0 radical (unpaired) electrons. The van der Waals surface area contributed by atoms with Crippen molar-refractivity contribution in [3.05, 3.63) is 45.8 Å². The number of hydrogen-bond donors (Lipinski definition) is 1. The molecule has 126 valence electrons. The molecule has 0 saturated heterocycles. The van der Waals surface area contributed by atoms with Gasteiger partial charge in [-0.05, 0) is 25.5 Å². The third-order valence-electron chi connectivity index (χ3n) is 3.44. The molecule has 25 heavy (non-hydrogen) atoms. The van der Waals surface area contributed by atoms with E-state index in [9.17, 15) is 10.1 Å². The highest BCUT2D eigenvalue weighted by Gasteiger charge is 2.27. The predicted molar refractivity (Wildman–Crippen MR) is 91.3 cm³/mol. The zero-order valence-electron chi connectivity index (χ0n) is 13.7. The number of rotatable bonds is 6. The first-order valence-corrected chi connectivity index (χ1v) is 7.30. The fraction of sp³-hybridized carbons (Fsp3) is 0.250. The van der Waals surface area contributed by atoms with Gasteiger partial charge in [0.1, 0.15) is 19.4 Å². The summed E-state index contributed by atoms with van der Waals surface area (Å²) in [5, 5.41) is 32.3. The van der Waals surface area contributed by atoms with Crippen LogP contribution in [0, 0.1) is 46.6 Å². The maximum atomic E-state index is 11.6. The van der Waals surface area contributed by atoms with Crippen LogP contribution in [0.3, 0.4) is 0 Å². The number of nitro groups is 1. The van der Waals surface area contributed by atoms with Crippen molar-refractivity contribution in [2.45, 2.75) is 13.8 Å². The minimum absolute atomic E-state index is 0.00262. The van der Waals surface area contributed by atoms with E-state index in [1.54, 1.807) is 6.07 Å². The fourth-order valence-corrected chi connectivity index (χ4v) is 2.32. The van der Waals surface area contributed by atoms with Gasteiger partial charge in [-0.15, -0.1) is 0 Å². The van der Waals surface area contributed by atoms with Crippen molar-refractivity contribution >= 4 is 23.0 Å². The monoisotopic (exact) mass is 337 g/mol. The van der Waals surface area contributed by atoms with E-state index in [1.807, 2.05) is 38.1 Å². The SMILES string of the molecule is Cc1ccc(Nc2ncnc(N(CC#N)CC#N)c2[N+](=O)[O-])c(C)c1. The molecule has 0 saturated carbocycles. The molecule has 0 atom stereocenters. The van der Waals surface area contributed by atoms with Gasteiger partial charge in [0.2, 0.25) is 11.6 Å². The van der Waals surface area contributed by atoms with E-state index >= 15 is 0 Å². The van der Waals surface area contributed by atoms with E-state index in [2.05, 4.69) is 15.3 Å². The van der Waals surface area contributed by atoms with Crippen molar-refractivity contribution < 1.29 is 4.92 Å². The van der Waals surface area contributed by atoms with Gasteiger partial charge in [-0.3, -0.25) is 10.1 Å². The molecule has 0 aliphatic rings. The largest absolute Gasteiger partial charge is 0.353 e. The van der Waals surface area contributed by atoms with Crippen LogP contribution in [0.5, 0.6) is 0 Å². The summed E-state index contributed by atoms with van der Waals surface area (Å²) in [4.78, 5) is 20.1. The Labute approximate surface area is 144 Å². The van der Waals surface area contributed by atoms with Crippen LogP contribution >= 0.6 is 0 Å². The van der Waals surface area contributed by atoms with Crippen LogP contribution in [0.4, 0.5) is 23.0 Å². The second-order valence-corrected chi connectivity index (χ2v) is 5.27. The first-order chi connectivity index (χ1) is 12.0. The van der Waals surface area contributed by atoms with E-state index in [4.69, 9.17) is 10.5 Å². The summed E-state index contributed by atoms with van der Waals surface area (Å²) in [6.07, 6.45) is 1.16. The van der Waals surface area contributed by atoms with Gasteiger partial charge in [0.15, 0.2) is 0 Å². The molecule has 2 rings (SSSR count). The summed E-state index contributed by atoms with van der Waals surface area (Å²) < 4.78 is 0. The number of hydrogen-bond acceptors (Lipinski definition) is 8. The van der Waals surface area contributed by atoms with Crippen molar-refractivity contribution in [2.24, 2.45) is 0 Å². The van der Waals surface area contributed by atoms with E-state index in [0.717, 1.165) is 17.5 Å². The van der Waals surface area contributed by atoms with Crippen molar-refractivity contribution in [3.8, 4) is 12.1 Å². The van der Waals surface area contributed by atoms with Crippen molar-refractivity contribution in [3.63, 3.8) is 0 Å². The lowest BCUT2D eigenvalue weighted by atomic mass is 10.1. The van der Waals surface area contributed by atoms with E-state index in [-0.39, 0.29) is 30.4 Å². The number of anilines is 3. The van der Waals surface area contributed by atoms with Gasteiger partial charge in [-0.25, -0.2) is 9.97 Å². The Morgan fingerprint density at radius 3 is 2.48 bits per heavy atom. The van der Waals surface area contributed by atoms with Crippen LogP contribution in [0.15, 0.2) is 24.5 Å². The van der Waals surface area contributed by atoms with Crippen LogP contribution in [0.25, 0.3) is 0 Å². The molecular formula is C16H15N7O2. The molecule has 1 aromatic heterocycles. The molecule has 0 unspecified atom stereocenters. The number of benzene rings is 1. The molecule has 0 spiro atoms. The molecule has 2 aromatic rings. The minimum Gasteiger partial charge on any atom is -0.334 e. The van der Waals surface area contributed by atoms with E-state index in [1.165, 1.54) is 4.90 Å². The maximum Gasteiger partial charge on any atom is 0.353 e. The van der Waals surface area contributed by atoms with E-state index < -0.39 is 4.92 Å². The predicted octanol–water partition coefficient (Wildman–Crippen LogP) is 2.60. The van der Waals surface area contributed by atoms with Gasteiger partial charge >= 0.3 is 5.69 Å². The Morgan fingerprint density at radius 2 is 1.92 bits per heavy atom. The Balaban J connectivity index is 2.52. The first kappa shape index (κ1) is 17.6. The number of aryl methyl sites for hydroxylation is 2. The third kappa shape index (κ3) is 3.98. The van der Waals surface area contributed by atoms with E-state index in [0.29, 0.717) is 5.69 Å². The average molecular weight is 337 g/mol. The fourth-order valence-electron chi connectivity index (χ4n) is 2.32. The molecule has 0 aliphatic heterocycles. The summed E-state index contributed by atoms with van der Waals surface area (Å²) in [5.74, 6) is -0.0711. The molecule has 9 heteroatoms. The Hall–Kier alpha value is -3.72. The standard InChI is InChI=1S/C16H15N7O2/c1-11-3-4-13(12(2)9-11)21-15-14(23(24)25)16(20-10-19-15)22(7-5-17)8-6-18/h3-4,9-10H,7-8H2,1-2H3,(H,19,20,21). The zero-order valence-corrected chi connectivity index (χ0v) is 13.7. The first-order valence-electron chi connectivity index (χ1n) is 7.30. The highest BCUT2D eigenvalue weighted by atomic mass is 16.6. The maximum absolute atomic E-state index is 11.6. The molecule has 0 bridgehead atoms. The van der Waals surface area contributed by atoms with Crippen LogP contribution in [0.1, 0.15) is 11.1 Å².